The molecule has 1 saturated heterocycles. The normalized spacial score (nSPS) is 15.7. The van der Waals surface area contributed by atoms with Gasteiger partial charge in [-0.2, -0.15) is 0 Å². The largest absolute Gasteiger partial charge is 0.387 e. The van der Waals surface area contributed by atoms with Crippen LogP contribution in [0.1, 0.15) is 36.0 Å². The molecule has 2 aromatic rings. The van der Waals surface area contributed by atoms with Crippen molar-refractivity contribution in [3.63, 3.8) is 0 Å². The van der Waals surface area contributed by atoms with Crippen molar-refractivity contribution >= 4 is 29.3 Å². The van der Waals surface area contributed by atoms with Crippen LogP contribution in [-0.4, -0.2) is 29.8 Å². The first kappa shape index (κ1) is 19.9. The average molecular weight is 405 g/mol. The molecule has 0 amide bonds. The lowest BCUT2D eigenvalue weighted by molar-refractivity contribution is -0.178. The number of benzene rings is 2. The Kier molecular flexibility index (Phi) is 5.40. The van der Waals surface area contributed by atoms with Crippen LogP contribution in [0.15, 0.2) is 53.5 Å². The Labute approximate surface area is 175 Å². The number of likely N-dealkylation sites (tertiary alicyclic amines) is 1. The third kappa shape index (κ3) is 3.85. The van der Waals surface area contributed by atoms with Crippen LogP contribution in [0.25, 0.3) is 22.9 Å². The number of hydrogen-bond donors (Lipinski definition) is 1. The van der Waals surface area contributed by atoms with Crippen LogP contribution < -0.4 is 5.73 Å². The second-order valence-electron chi connectivity index (χ2n) is 7.76. The number of aliphatic imine (C=N–C) groups is 1. The maximum atomic E-state index is 12.4. The molecule has 2 heterocycles. The van der Waals surface area contributed by atoms with Crippen LogP contribution in [0.5, 0.6) is 0 Å². The number of hydrogen-bond acceptors (Lipinski definition) is 5. The van der Waals surface area contributed by atoms with Crippen molar-refractivity contribution in [3.05, 3.63) is 65.2 Å². The van der Waals surface area contributed by atoms with Crippen LogP contribution in [0.3, 0.4) is 0 Å². The van der Waals surface area contributed by atoms with Gasteiger partial charge in [-0.15, -0.1) is 0 Å². The lowest BCUT2D eigenvalue weighted by Crippen LogP contribution is -2.16. The van der Waals surface area contributed by atoms with Crippen molar-refractivity contribution < 1.29 is 14.3 Å². The van der Waals surface area contributed by atoms with E-state index in [1.165, 1.54) is 12.8 Å². The predicted molar refractivity (Wildman–Crippen MR) is 118 cm³/mol. The van der Waals surface area contributed by atoms with Gasteiger partial charge in [0.1, 0.15) is 5.84 Å². The van der Waals surface area contributed by atoms with Gasteiger partial charge in [0.25, 0.3) is 0 Å². The maximum absolute atomic E-state index is 12.4. The smallest absolute Gasteiger partial charge is 0.376 e. The number of halogens is 1. The molecule has 2 aromatic carbocycles. The van der Waals surface area contributed by atoms with E-state index in [0.717, 1.165) is 41.0 Å². The third-order valence-electron chi connectivity index (χ3n) is 5.68. The molecule has 0 saturated carbocycles. The summed E-state index contributed by atoms with van der Waals surface area (Å²) in [5.74, 6) is -0.813. The molecular formula is C24H24FN3O2. The van der Waals surface area contributed by atoms with Gasteiger partial charge in [-0.25, -0.2) is 14.7 Å². The minimum absolute atomic E-state index is 0.0408. The fourth-order valence-electron chi connectivity index (χ4n) is 4.08. The molecular weight excluding hydrogens is 381 g/mol. The van der Waals surface area contributed by atoms with Gasteiger partial charge in [0.2, 0.25) is 0 Å². The summed E-state index contributed by atoms with van der Waals surface area (Å²) in [5.41, 5.74) is 12.7. The summed E-state index contributed by atoms with van der Waals surface area (Å²) in [6.07, 6.45) is 4.05. The van der Waals surface area contributed by atoms with E-state index < -0.39 is 5.97 Å². The van der Waals surface area contributed by atoms with E-state index in [1.807, 2.05) is 18.2 Å². The molecule has 154 valence electrons. The minimum Gasteiger partial charge on any atom is -0.387 e. The summed E-state index contributed by atoms with van der Waals surface area (Å²) in [6.45, 7) is 8.46. The van der Waals surface area contributed by atoms with Crippen LogP contribution >= 0.6 is 0 Å². The first-order chi connectivity index (χ1) is 14.5. The highest BCUT2D eigenvalue weighted by molar-refractivity contribution is 6.03. The van der Waals surface area contributed by atoms with Crippen LogP contribution in [0, 0.1) is 6.92 Å². The Morgan fingerprint density at radius 3 is 2.67 bits per heavy atom. The molecule has 2 N–H and O–H groups in total. The number of fused-ring (bicyclic) bond motifs is 1. The zero-order chi connectivity index (χ0) is 21.3. The lowest BCUT2D eigenvalue weighted by Gasteiger charge is -2.21. The quantitative estimate of drug-likeness (QED) is 0.783. The van der Waals surface area contributed by atoms with Crippen molar-refractivity contribution in [3.8, 4) is 11.1 Å². The van der Waals surface area contributed by atoms with Crippen molar-refractivity contribution in [2.75, 3.05) is 13.1 Å². The van der Waals surface area contributed by atoms with Crippen LogP contribution in [0.4, 0.5) is 10.2 Å². The van der Waals surface area contributed by atoms with Crippen LogP contribution in [0.2, 0.25) is 0 Å². The third-order valence-corrected chi connectivity index (χ3v) is 5.68. The standard InChI is InChI=1S/C24H24FN3O2/c1-15-11-17(16(2)28-9-3-4-10-28)5-7-21(15)18-6-8-22-19(12-18)13-20(24(29)30-25)14-23(26)27-22/h5-8,11-13H,2-4,9-10,14H2,1H3,(H2,26,27). The van der Waals surface area contributed by atoms with E-state index in [4.69, 9.17) is 5.73 Å². The second kappa shape index (κ2) is 8.14. The summed E-state index contributed by atoms with van der Waals surface area (Å²) in [4.78, 5) is 21.8. The number of carbonyl (C=O) groups excluding carboxylic acids is 1. The highest BCUT2D eigenvalue weighted by atomic mass is 19.3. The van der Waals surface area contributed by atoms with E-state index in [-0.39, 0.29) is 17.8 Å². The maximum Gasteiger partial charge on any atom is 0.376 e. The Hall–Kier alpha value is -3.41. The van der Waals surface area contributed by atoms with Gasteiger partial charge in [-0.05, 0) is 66.3 Å². The Bertz CT molecular complexity index is 1080. The summed E-state index contributed by atoms with van der Waals surface area (Å²) >= 11 is 0. The Morgan fingerprint density at radius 2 is 1.97 bits per heavy atom. The molecule has 1 fully saturated rings. The Morgan fingerprint density at radius 1 is 1.20 bits per heavy atom. The average Bonchev–Trinajstić information content (AvgIpc) is 3.22. The first-order valence-corrected chi connectivity index (χ1v) is 10.0. The van der Waals surface area contributed by atoms with Crippen molar-refractivity contribution in [2.45, 2.75) is 26.2 Å². The fraction of sp³-hybridized carbons (Fsp3) is 0.250. The van der Waals surface area contributed by atoms with Gasteiger partial charge in [0.15, 0.2) is 0 Å². The first-order valence-electron chi connectivity index (χ1n) is 10.0. The Balaban J connectivity index is 1.69. The van der Waals surface area contributed by atoms with Crippen LogP contribution in [-0.2, 0) is 9.74 Å². The zero-order valence-corrected chi connectivity index (χ0v) is 17.0. The van der Waals surface area contributed by atoms with Crippen molar-refractivity contribution in [1.29, 1.82) is 0 Å². The van der Waals surface area contributed by atoms with Gasteiger partial charge < -0.3 is 10.6 Å². The highest BCUT2D eigenvalue weighted by Gasteiger charge is 2.19. The van der Waals surface area contributed by atoms with Gasteiger partial charge in [-0.1, -0.05) is 24.8 Å². The van der Waals surface area contributed by atoms with Gasteiger partial charge in [0.05, 0.1) is 5.69 Å². The number of nitrogens with two attached hydrogens (primary N) is 1. The predicted octanol–water partition coefficient (Wildman–Crippen LogP) is 4.93. The highest BCUT2D eigenvalue weighted by Crippen LogP contribution is 2.34. The summed E-state index contributed by atoms with van der Waals surface area (Å²) < 4.78 is 12.4. The van der Waals surface area contributed by atoms with E-state index in [0.29, 0.717) is 11.3 Å². The summed E-state index contributed by atoms with van der Waals surface area (Å²) in [7, 11) is 0. The molecule has 6 heteroatoms. The molecule has 0 atom stereocenters. The molecule has 5 nitrogen and oxygen atoms in total. The zero-order valence-electron chi connectivity index (χ0n) is 17.0. The van der Waals surface area contributed by atoms with Gasteiger partial charge in [-0.3, -0.25) is 0 Å². The number of amidine groups is 1. The molecule has 0 radical (unpaired) electrons. The van der Waals surface area contributed by atoms with Gasteiger partial charge >= 0.3 is 5.97 Å². The number of aryl methyl sites for hydroxylation is 1. The molecule has 0 aliphatic carbocycles. The molecule has 0 aromatic heterocycles. The van der Waals surface area contributed by atoms with Crippen molar-refractivity contribution in [1.82, 2.24) is 4.90 Å². The molecule has 0 spiro atoms. The molecule has 30 heavy (non-hydrogen) atoms. The number of nitrogens with zero attached hydrogens (tertiary/aromatic N) is 2. The summed E-state index contributed by atoms with van der Waals surface area (Å²) in [6, 6.07) is 12.1. The topological polar surface area (TPSA) is 67.9 Å². The lowest BCUT2D eigenvalue weighted by atomic mass is 9.95. The van der Waals surface area contributed by atoms with Crippen molar-refractivity contribution in [2.24, 2.45) is 10.7 Å². The van der Waals surface area contributed by atoms with E-state index in [2.05, 4.69) is 46.5 Å². The SMILES string of the molecule is C=C(c1ccc(-c2ccc3c(c2)C=C(C(=O)OF)CC(N)=N3)c(C)c1)N1CCCC1. The molecule has 0 bridgehead atoms. The summed E-state index contributed by atoms with van der Waals surface area (Å²) in [5, 5.41) is 0. The fourth-order valence-corrected chi connectivity index (χ4v) is 4.08. The molecule has 2 aliphatic heterocycles. The molecule has 2 aliphatic rings. The molecule has 4 rings (SSSR count). The minimum atomic E-state index is -1.05. The molecule has 0 unspecified atom stereocenters. The number of carbonyl (C=O) groups is 1. The number of rotatable bonds is 4. The van der Waals surface area contributed by atoms with Gasteiger partial charge in [0, 0.05) is 40.9 Å². The monoisotopic (exact) mass is 405 g/mol. The second-order valence-corrected chi connectivity index (χ2v) is 7.76. The van der Waals surface area contributed by atoms with E-state index in [9.17, 15) is 9.32 Å². The van der Waals surface area contributed by atoms with E-state index >= 15 is 0 Å². The van der Waals surface area contributed by atoms with E-state index in [1.54, 1.807) is 6.08 Å².